The van der Waals surface area contributed by atoms with Gasteiger partial charge in [-0.05, 0) is 34.9 Å². The van der Waals surface area contributed by atoms with E-state index in [1.807, 2.05) is 47.4 Å². The molecule has 0 saturated carbocycles. The first-order valence-corrected chi connectivity index (χ1v) is 8.11. The molecule has 0 unspecified atom stereocenters. The zero-order chi connectivity index (χ0) is 16.5. The molecule has 1 saturated heterocycles. The van der Waals surface area contributed by atoms with Crippen LogP contribution in [0.15, 0.2) is 42.5 Å². The van der Waals surface area contributed by atoms with Crippen molar-refractivity contribution in [3.63, 3.8) is 0 Å². The van der Waals surface area contributed by atoms with Gasteiger partial charge in [-0.15, -0.1) is 0 Å². The van der Waals surface area contributed by atoms with Crippen molar-refractivity contribution in [2.45, 2.75) is 6.54 Å². The van der Waals surface area contributed by atoms with E-state index in [9.17, 15) is 9.59 Å². The minimum atomic E-state index is -0.0223. The summed E-state index contributed by atoms with van der Waals surface area (Å²) in [5, 5.41) is 2.86. The molecular weight excluding hydrogens is 304 g/mol. The van der Waals surface area contributed by atoms with Crippen molar-refractivity contribution in [2.75, 3.05) is 26.3 Å². The summed E-state index contributed by atoms with van der Waals surface area (Å²) in [5.41, 5.74) is 4.50. The molecule has 0 bridgehead atoms. The Balaban J connectivity index is 1.61. The van der Waals surface area contributed by atoms with E-state index in [1.54, 1.807) is 0 Å². The third-order valence-corrected chi connectivity index (χ3v) is 4.59. The van der Waals surface area contributed by atoms with Gasteiger partial charge in [0.05, 0.1) is 13.2 Å². The van der Waals surface area contributed by atoms with Crippen LogP contribution in [0.5, 0.6) is 0 Å². The molecule has 2 amide bonds. The number of nitrogens with one attached hydrogen (secondary N) is 1. The number of hydrogen-bond acceptors (Lipinski definition) is 3. The maximum atomic E-state index is 12.5. The molecule has 0 atom stereocenters. The van der Waals surface area contributed by atoms with Gasteiger partial charge in [0.2, 0.25) is 0 Å². The lowest BCUT2D eigenvalue weighted by atomic mass is 9.96. The second kappa shape index (κ2) is 6.09. The van der Waals surface area contributed by atoms with Gasteiger partial charge >= 0.3 is 0 Å². The Labute approximate surface area is 140 Å². The summed E-state index contributed by atoms with van der Waals surface area (Å²) in [6.45, 7) is 3.03. The Kier molecular flexibility index (Phi) is 3.78. The van der Waals surface area contributed by atoms with Crippen LogP contribution in [0.25, 0.3) is 11.1 Å². The molecule has 0 aromatic heterocycles. The topological polar surface area (TPSA) is 58.6 Å². The lowest BCUT2D eigenvalue weighted by Crippen LogP contribution is -2.40. The van der Waals surface area contributed by atoms with Crippen LogP contribution in [0.2, 0.25) is 0 Å². The van der Waals surface area contributed by atoms with E-state index in [1.165, 1.54) is 0 Å². The maximum Gasteiger partial charge on any atom is 0.254 e. The molecule has 0 aliphatic carbocycles. The van der Waals surface area contributed by atoms with Crippen molar-refractivity contribution in [2.24, 2.45) is 0 Å². The highest BCUT2D eigenvalue weighted by Crippen LogP contribution is 2.29. The minimum absolute atomic E-state index is 0.0223. The Hall–Kier alpha value is -2.66. The third kappa shape index (κ3) is 2.57. The monoisotopic (exact) mass is 322 g/mol. The highest BCUT2D eigenvalue weighted by atomic mass is 16.5. The molecule has 122 valence electrons. The maximum absolute atomic E-state index is 12.5. The number of hydrogen-bond donors (Lipinski definition) is 1. The number of nitrogens with zero attached hydrogens (tertiary/aromatic N) is 1. The van der Waals surface area contributed by atoms with Crippen molar-refractivity contribution >= 4 is 11.8 Å². The zero-order valence-electron chi connectivity index (χ0n) is 13.2. The number of carbonyl (C=O) groups excluding carboxylic acids is 2. The van der Waals surface area contributed by atoms with Crippen molar-refractivity contribution in [3.05, 3.63) is 59.2 Å². The highest BCUT2D eigenvalue weighted by Gasteiger charge is 2.22. The molecular formula is C19H18N2O3. The predicted octanol–water partition coefficient (Wildman–Crippen LogP) is 2.07. The molecule has 2 aromatic carbocycles. The predicted molar refractivity (Wildman–Crippen MR) is 89.8 cm³/mol. The van der Waals surface area contributed by atoms with Crippen LogP contribution in [0.1, 0.15) is 26.3 Å². The van der Waals surface area contributed by atoms with Gasteiger partial charge in [-0.25, -0.2) is 0 Å². The van der Waals surface area contributed by atoms with Gasteiger partial charge in [0.1, 0.15) is 0 Å². The fourth-order valence-electron chi connectivity index (χ4n) is 3.27. The molecule has 4 rings (SSSR count). The molecule has 2 aliphatic heterocycles. The van der Waals surface area contributed by atoms with Gasteiger partial charge in [0, 0.05) is 30.8 Å². The highest BCUT2D eigenvalue weighted by molar-refractivity contribution is 6.00. The second-order valence-electron chi connectivity index (χ2n) is 6.00. The summed E-state index contributed by atoms with van der Waals surface area (Å²) in [5.74, 6) is 0.0194. The SMILES string of the molecule is O=C1NCc2c1cccc2-c1ccc(C(=O)N2CCOCC2)cc1. The fraction of sp³-hybridized carbons (Fsp3) is 0.263. The summed E-state index contributed by atoms with van der Waals surface area (Å²) in [4.78, 5) is 26.1. The van der Waals surface area contributed by atoms with E-state index in [0.29, 0.717) is 38.4 Å². The largest absolute Gasteiger partial charge is 0.378 e. The van der Waals surface area contributed by atoms with E-state index in [-0.39, 0.29) is 11.8 Å². The standard InChI is InChI=1S/C19H18N2O3/c22-18-16-3-1-2-15(17(16)12-20-18)13-4-6-14(7-5-13)19(23)21-8-10-24-11-9-21/h1-7H,8-12H2,(H,20,22). The Morgan fingerprint density at radius 1 is 1.00 bits per heavy atom. The molecule has 1 fully saturated rings. The summed E-state index contributed by atoms with van der Waals surface area (Å²) in [6, 6.07) is 13.4. The number of fused-ring (bicyclic) bond motifs is 1. The first-order chi connectivity index (χ1) is 11.7. The molecule has 2 heterocycles. The Morgan fingerprint density at radius 3 is 2.46 bits per heavy atom. The summed E-state index contributed by atoms with van der Waals surface area (Å²) >= 11 is 0. The van der Waals surface area contributed by atoms with Gasteiger partial charge in [-0.3, -0.25) is 9.59 Å². The molecule has 2 aromatic rings. The van der Waals surface area contributed by atoms with Gasteiger partial charge < -0.3 is 15.0 Å². The van der Waals surface area contributed by atoms with Crippen LogP contribution in [0.3, 0.4) is 0 Å². The van der Waals surface area contributed by atoms with Crippen molar-refractivity contribution in [1.29, 1.82) is 0 Å². The molecule has 2 aliphatic rings. The lowest BCUT2D eigenvalue weighted by molar-refractivity contribution is 0.0303. The van der Waals surface area contributed by atoms with Crippen LogP contribution >= 0.6 is 0 Å². The minimum Gasteiger partial charge on any atom is -0.378 e. The Morgan fingerprint density at radius 2 is 1.71 bits per heavy atom. The van der Waals surface area contributed by atoms with Crippen LogP contribution in [-0.4, -0.2) is 43.0 Å². The molecule has 0 spiro atoms. The number of rotatable bonds is 2. The lowest BCUT2D eigenvalue weighted by Gasteiger charge is -2.26. The van der Waals surface area contributed by atoms with Gasteiger partial charge in [0.25, 0.3) is 11.8 Å². The van der Waals surface area contributed by atoms with E-state index in [4.69, 9.17) is 4.74 Å². The normalized spacial score (nSPS) is 16.7. The van der Waals surface area contributed by atoms with Gasteiger partial charge in [-0.1, -0.05) is 24.3 Å². The Bertz CT molecular complexity index is 793. The van der Waals surface area contributed by atoms with Crippen LogP contribution < -0.4 is 5.32 Å². The number of ether oxygens (including phenoxy) is 1. The average molecular weight is 322 g/mol. The third-order valence-electron chi connectivity index (χ3n) is 4.59. The molecule has 5 nitrogen and oxygen atoms in total. The van der Waals surface area contributed by atoms with Crippen molar-refractivity contribution in [3.8, 4) is 11.1 Å². The quantitative estimate of drug-likeness (QED) is 0.921. The molecule has 1 N–H and O–H groups in total. The zero-order valence-corrected chi connectivity index (χ0v) is 13.2. The number of amides is 2. The smallest absolute Gasteiger partial charge is 0.254 e. The van der Waals surface area contributed by atoms with E-state index >= 15 is 0 Å². The van der Waals surface area contributed by atoms with Gasteiger partial charge in [-0.2, -0.15) is 0 Å². The number of carbonyl (C=O) groups is 2. The molecule has 0 radical (unpaired) electrons. The van der Waals surface area contributed by atoms with Crippen LogP contribution in [0, 0.1) is 0 Å². The molecule has 5 heteroatoms. The van der Waals surface area contributed by atoms with E-state index in [0.717, 1.165) is 22.3 Å². The second-order valence-corrected chi connectivity index (χ2v) is 6.00. The van der Waals surface area contributed by atoms with Crippen LogP contribution in [-0.2, 0) is 11.3 Å². The summed E-state index contributed by atoms with van der Waals surface area (Å²) < 4.78 is 5.29. The first-order valence-electron chi connectivity index (χ1n) is 8.11. The molecule has 24 heavy (non-hydrogen) atoms. The van der Waals surface area contributed by atoms with Crippen molar-refractivity contribution < 1.29 is 14.3 Å². The van der Waals surface area contributed by atoms with E-state index in [2.05, 4.69) is 5.32 Å². The van der Waals surface area contributed by atoms with Crippen LogP contribution in [0.4, 0.5) is 0 Å². The van der Waals surface area contributed by atoms with Crippen molar-refractivity contribution in [1.82, 2.24) is 10.2 Å². The first kappa shape index (κ1) is 14.9. The van der Waals surface area contributed by atoms with E-state index < -0.39 is 0 Å². The number of morpholine rings is 1. The summed E-state index contributed by atoms with van der Waals surface area (Å²) in [6.07, 6.45) is 0. The fourth-order valence-corrected chi connectivity index (χ4v) is 3.27. The number of benzene rings is 2. The van der Waals surface area contributed by atoms with Gasteiger partial charge in [0.15, 0.2) is 0 Å². The average Bonchev–Trinajstić information content (AvgIpc) is 3.03. The summed E-state index contributed by atoms with van der Waals surface area (Å²) in [7, 11) is 0.